The van der Waals surface area contributed by atoms with Crippen LogP contribution < -0.4 is 5.73 Å². The zero-order chi connectivity index (χ0) is 20.0. The predicted octanol–water partition coefficient (Wildman–Crippen LogP) is 3.08. The molecule has 4 nitrogen and oxygen atoms in total. The Labute approximate surface area is 151 Å². The Balaban J connectivity index is 2.02. The highest BCUT2D eigenvalue weighted by atomic mass is 19.4. The van der Waals surface area contributed by atoms with Crippen molar-refractivity contribution < 1.29 is 35.9 Å². The zero-order valence-corrected chi connectivity index (χ0v) is 14.1. The van der Waals surface area contributed by atoms with E-state index in [-0.39, 0.29) is 13.2 Å². The van der Waals surface area contributed by atoms with Crippen LogP contribution in [0.5, 0.6) is 0 Å². The van der Waals surface area contributed by atoms with Crippen LogP contribution in [-0.2, 0) is 16.1 Å². The first kappa shape index (κ1) is 19.9. The molecule has 10 heteroatoms. The first-order chi connectivity index (χ1) is 12.5. The summed E-state index contributed by atoms with van der Waals surface area (Å²) in [6.45, 7) is -0.961. The molecule has 2 N–H and O–H groups in total. The van der Waals surface area contributed by atoms with Crippen molar-refractivity contribution in [2.45, 2.75) is 31.6 Å². The van der Waals surface area contributed by atoms with Crippen molar-refractivity contribution in [3.8, 4) is 0 Å². The van der Waals surface area contributed by atoms with Crippen LogP contribution in [0, 0.1) is 17.3 Å². The zero-order valence-electron chi connectivity index (χ0n) is 14.1. The number of ether oxygens (including phenoxy) is 1. The topological polar surface area (TPSA) is 55.6 Å². The predicted molar refractivity (Wildman–Crippen MR) is 81.9 cm³/mol. The molecular formula is C17H18F6N2O2. The van der Waals surface area contributed by atoms with Gasteiger partial charge >= 0.3 is 12.4 Å². The highest BCUT2D eigenvalue weighted by Crippen LogP contribution is 2.60. The van der Waals surface area contributed by atoms with E-state index < -0.39 is 54.7 Å². The summed E-state index contributed by atoms with van der Waals surface area (Å²) >= 11 is 0. The maximum Gasteiger partial charge on any atom is 0.407 e. The third kappa shape index (κ3) is 3.18. The van der Waals surface area contributed by atoms with E-state index in [1.807, 2.05) is 0 Å². The summed E-state index contributed by atoms with van der Waals surface area (Å²) < 4.78 is 87.8. The monoisotopic (exact) mass is 396 g/mol. The lowest BCUT2D eigenvalue weighted by atomic mass is 9.59. The summed E-state index contributed by atoms with van der Waals surface area (Å²) in [5.74, 6) is -6.14. The number of fused-ring (bicyclic) bond motifs is 3. The van der Waals surface area contributed by atoms with Gasteiger partial charge in [0.25, 0.3) is 0 Å². The third-order valence-corrected chi connectivity index (χ3v) is 5.50. The average molecular weight is 396 g/mol. The number of halogens is 6. The first-order valence-corrected chi connectivity index (χ1v) is 8.32. The maximum absolute atomic E-state index is 14.1. The van der Waals surface area contributed by atoms with Crippen molar-refractivity contribution in [2.75, 3.05) is 13.1 Å². The molecule has 1 aromatic carbocycles. The lowest BCUT2D eigenvalue weighted by Gasteiger charge is -2.59. The molecule has 1 amide bonds. The number of nitrogens with zero attached hydrogens (tertiary/aromatic N) is 1. The van der Waals surface area contributed by atoms with Crippen molar-refractivity contribution in [1.29, 1.82) is 0 Å². The molecule has 3 aliphatic rings. The number of piperidine rings is 3. The van der Waals surface area contributed by atoms with Crippen molar-refractivity contribution in [1.82, 2.24) is 4.90 Å². The summed E-state index contributed by atoms with van der Waals surface area (Å²) in [7, 11) is 0. The summed E-state index contributed by atoms with van der Waals surface area (Å²) in [6, 6.07) is 8.21. The van der Waals surface area contributed by atoms with Gasteiger partial charge in [-0.2, -0.15) is 26.3 Å². The quantitative estimate of drug-likeness (QED) is 0.796. The number of alkyl halides is 6. The number of primary amides is 1. The SMILES string of the molecule is NC(=O)C1(C(F)(F)F)C2CCN(CC2C(F)(F)F)C1OCc1ccccc1. The fourth-order valence-corrected chi connectivity index (χ4v) is 4.32. The Morgan fingerprint density at radius 2 is 1.81 bits per heavy atom. The van der Waals surface area contributed by atoms with Gasteiger partial charge in [0, 0.05) is 13.1 Å². The van der Waals surface area contributed by atoms with Gasteiger partial charge < -0.3 is 10.5 Å². The van der Waals surface area contributed by atoms with E-state index in [1.165, 1.54) is 0 Å². The number of carbonyl (C=O) groups excluding carboxylic acids is 1. The Morgan fingerprint density at radius 1 is 1.19 bits per heavy atom. The Morgan fingerprint density at radius 3 is 2.33 bits per heavy atom. The molecule has 0 aromatic heterocycles. The van der Waals surface area contributed by atoms with Crippen LogP contribution in [0.15, 0.2) is 30.3 Å². The molecule has 2 bridgehead atoms. The summed E-state index contributed by atoms with van der Waals surface area (Å²) in [6.07, 6.45) is -12.5. The second-order valence-electron chi connectivity index (χ2n) is 6.92. The average Bonchev–Trinajstić information content (AvgIpc) is 2.58. The first-order valence-electron chi connectivity index (χ1n) is 8.32. The molecule has 1 aromatic rings. The van der Waals surface area contributed by atoms with Gasteiger partial charge in [-0.3, -0.25) is 9.69 Å². The molecule has 4 rings (SSSR count). The summed E-state index contributed by atoms with van der Waals surface area (Å²) in [5.41, 5.74) is 2.22. The van der Waals surface area contributed by atoms with Crippen molar-refractivity contribution in [3.63, 3.8) is 0 Å². The Hall–Kier alpha value is -1.81. The second-order valence-corrected chi connectivity index (χ2v) is 6.92. The number of carbonyl (C=O) groups is 1. The highest BCUT2D eigenvalue weighted by molar-refractivity contribution is 5.83. The number of amides is 1. The number of rotatable bonds is 4. The minimum Gasteiger partial charge on any atom is -0.369 e. The van der Waals surface area contributed by atoms with Gasteiger partial charge in [0.05, 0.1) is 12.5 Å². The van der Waals surface area contributed by atoms with E-state index in [2.05, 4.69) is 0 Å². The van der Waals surface area contributed by atoms with E-state index in [4.69, 9.17) is 10.5 Å². The molecule has 3 saturated heterocycles. The molecule has 5 unspecified atom stereocenters. The standard InChI is InChI=1S/C17H18F6N2O2/c18-16(19,20)12-8-25-7-6-11(12)15(13(24)26,17(21,22)23)14(25)27-9-10-4-2-1-3-5-10/h1-5,11-12,14H,6-9H2,(H2,24,26). The van der Waals surface area contributed by atoms with E-state index in [0.717, 1.165) is 4.90 Å². The third-order valence-electron chi connectivity index (χ3n) is 5.50. The van der Waals surface area contributed by atoms with Crippen molar-refractivity contribution in [2.24, 2.45) is 23.0 Å². The molecular weight excluding hydrogens is 378 g/mol. The molecule has 5 atom stereocenters. The number of benzene rings is 1. The molecule has 3 aliphatic heterocycles. The highest BCUT2D eigenvalue weighted by Gasteiger charge is 2.76. The molecule has 0 radical (unpaired) electrons. The van der Waals surface area contributed by atoms with Gasteiger partial charge in [0.1, 0.15) is 6.23 Å². The van der Waals surface area contributed by atoms with Crippen molar-refractivity contribution >= 4 is 5.91 Å². The fraction of sp³-hybridized carbons (Fsp3) is 0.588. The van der Waals surface area contributed by atoms with Crippen LogP contribution in [0.25, 0.3) is 0 Å². The van der Waals surface area contributed by atoms with Gasteiger partial charge in [0.2, 0.25) is 5.91 Å². The normalized spacial score (nSPS) is 33.9. The van der Waals surface area contributed by atoms with Crippen LogP contribution >= 0.6 is 0 Å². The van der Waals surface area contributed by atoms with Crippen molar-refractivity contribution in [3.05, 3.63) is 35.9 Å². The number of nitrogens with two attached hydrogens (primary N) is 1. The van der Waals surface area contributed by atoms with Gasteiger partial charge in [-0.05, 0) is 17.9 Å². The second kappa shape index (κ2) is 6.66. The molecule has 0 saturated carbocycles. The van der Waals surface area contributed by atoms with E-state index in [0.29, 0.717) is 5.56 Å². The largest absolute Gasteiger partial charge is 0.407 e. The lowest BCUT2D eigenvalue weighted by molar-refractivity contribution is -0.352. The smallest absolute Gasteiger partial charge is 0.369 e. The van der Waals surface area contributed by atoms with E-state index in [9.17, 15) is 31.1 Å². The lowest BCUT2D eigenvalue weighted by Crippen LogP contribution is -2.75. The summed E-state index contributed by atoms with van der Waals surface area (Å²) in [5, 5.41) is 0. The number of hydrogen-bond acceptors (Lipinski definition) is 3. The maximum atomic E-state index is 14.1. The molecule has 27 heavy (non-hydrogen) atoms. The Bertz CT molecular complexity index is 693. The van der Waals surface area contributed by atoms with Crippen LogP contribution in [0.4, 0.5) is 26.3 Å². The van der Waals surface area contributed by atoms with Crippen LogP contribution in [0.3, 0.4) is 0 Å². The van der Waals surface area contributed by atoms with E-state index >= 15 is 0 Å². The van der Waals surface area contributed by atoms with Crippen LogP contribution in [0.2, 0.25) is 0 Å². The number of hydrogen-bond donors (Lipinski definition) is 1. The van der Waals surface area contributed by atoms with E-state index in [1.54, 1.807) is 30.3 Å². The molecule has 3 heterocycles. The Kier molecular flexibility index (Phi) is 4.92. The molecule has 0 spiro atoms. The minimum atomic E-state index is -5.28. The van der Waals surface area contributed by atoms with Crippen LogP contribution in [-0.4, -0.2) is 42.5 Å². The van der Waals surface area contributed by atoms with Gasteiger partial charge in [-0.25, -0.2) is 0 Å². The van der Waals surface area contributed by atoms with Gasteiger partial charge in [0.15, 0.2) is 5.41 Å². The molecule has 3 fully saturated rings. The van der Waals surface area contributed by atoms with Gasteiger partial charge in [-0.1, -0.05) is 30.3 Å². The fourth-order valence-electron chi connectivity index (χ4n) is 4.32. The van der Waals surface area contributed by atoms with Gasteiger partial charge in [-0.15, -0.1) is 0 Å². The minimum absolute atomic E-state index is 0.0260. The molecule has 0 aliphatic carbocycles. The summed E-state index contributed by atoms with van der Waals surface area (Å²) in [4.78, 5) is 13.0. The van der Waals surface area contributed by atoms with Crippen LogP contribution in [0.1, 0.15) is 12.0 Å². The molecule has 150 valence electrons.